The minimum absolute atomic E-state index is 0.153. The van der Waals surface area contributed by atoms with Crippen LogP contribution in [0.3, 0.4) is 0 Å². The second kappa shape index (κ2) is 12.4. The number of carbonyl (C=O) groups excluding carboxylic acids is 1. The summed E-state index contributed by atoms with van der Waals surface area (Å²) in [6, 6.07) is 9.27. The van der Waals surface area contributed by atoms with Gasteiger partial charge in [-0.25, -0.2) is 8.42 Å². The number of nitrogens with zero attached hydrogens (tertiary/aromatic N) is 3. The predicted molar refractivity (Wildman–Crippen MR) is 147 cm³/mol. The molecule has 2 saturated heterocycles. The molecule has 4 rings (SSSR count). The molecule has 0 radical (unpaired) electrons. The fraction of sp³-hybridized carbons (Fsp3) is 0.536. The average Bonchev–Trinajstić information content (AvgIpc) is 2.87. The van der Waals surface area contributed by atoms with E-state index in [1.165, 1.54) is 0 Å². The van der Waals surface area contributed by atoms with Crippen LogP contribution in [0.2, 0.25) is 5.02 Å². The third-order valence-electron chi connectivity index (χ3n) is 7.35. The molecule has 3 atom stereocenters. The summed E-state index contributed by atoms with van der Waals surface area (Å²) in [5, 5.41) is 0.577. The highest BCUT2D eigenvalue weighted by atomic mass is 35.5. The number of alkyl halides is 3. The molecule has 0 saturated carbocycles. The van der Waals surface area contributed by atoms with Crippen molar-refractivity contribution in [1.82, 2.24) is 14.7 Å². The lowest BCUT2D eigenvalue weighted by Crippen LogP contribution is -2.57. The van der Waals surface area contributed by atoms with Crippen molar-refractivity contribution in [3.8, 4) is 0 Å². The maximum Gasteiger partial charge on any atom is 0.416 e. The highest BCUT2D eigenvalue weighted by Gasteiger charge is 2.36. The molecular weight excluding hydrogens is 567 g/mol. The summed E-state index contributed by atoms with van der Waals surface area (Å²) >= 11 is 6.05. The molecule has 2 unspecified atom stereocenters. The van der Waals surface area contributed by atoms with E-state index in [2.05, 4.69) is 23.6 Å². The minimum Gasteiger partial charge on any atom is -0.373 e. The highest BCUT2D eigenvalue weighted by Crippen LogP contribution is 2.32. The molecule has 0 bridgehead atoms. The largest absolute Gasteiger partial charge is 0.416 e. The smallest absolute Gasteiger partial charge is 0.373 e. The van der Waals surface area contributed by atoms with E-state index < -0.39 is 32.4 Å². The normalized spacial score (nSPS) is 23.4. The van der Waals surface area contributed by atoms with Gasteiger partial charge in [0.2, 0.25) is 0 Å². The van der Waals surface area contributed by atoms with Crippen molar-refractivity contribution < 1.29 is 31.1 Å². The Morgan fingerprint density at radius 1 is 0.975 bits per heavy atom. The molecule has 0 spiro atoms. The fourth-order valence-electron chi connectivity index (χ4n) is 5.47. The number of benzene rings is 2. The number of amides is 1. The van der Waals surface area contributed by atoms with Gasteiger partial charge >= 0.3 is 6.18 Å². The summed E-state index contributed by atoms with van der Waals surface area (Å²) in [6.45, 7) is 8.79. The van der Waals surface area contributed by atoms with Crippen LogP contribution < -0.4 is 0 Å². The number of ether oxygens (including phenoxy) is 1. The van der Waals surface area contributed by atoms with Crippen molar-refractivity contribution in [2.45, 2.75) is 49.6 Å². The molecule has 2 aromatic carbocycles. The Bertz CT molecular complexity index is 1300. The Hall–Kier alpha value is -2.18. The first-order chi connectivity index (χ1) is 18.7. The minimum atomic E-state index is -4.80. The van der Waals surface area contributed by atoms with Gasteiger partial charge in [-0.1, -0.05) is 23.7 Å². The molecular formula is C28H35ClF3N3O4S. The first-order valence-electron chi connectivity index (χ1n) is 13.3. The molecule has 7 nitrogen and oxygen atoms in total. The number of rotatable bonds is 7. The molecule has 0 aromatic heterocycles. The van der Waals surface area contributed by atoms with Crippen molar-refractivity contribution in [2.24, 2.45) is 0 Å². The van der Waals surface area contributed by atoms with Crippen LogP contribution >= 0.6 is 11.6 Å². The number of halogens is 4. The monoisotopic (exact) mass is 601 g/mol. The van der Waals surface area contributed by atoms with E-state index in [0.29, 0.717) is 37.1 Å². The van der Waals surface area contributed by atoms with Crippen LogP contribution in [-0.4, -0.2) is 99.3 Å². The van der Waals surface area contributed by atoms with Gasteiger partial charge in [0.1, 0.15) is 0 Å². The number of hydrogen-bond donors (Lipinski definition) is 0. The lowest BCUT2D eigenvalue weighted by Gasteiger charge is -2.43. The zero-order valence-electron chi connectivity index (χ0n) is 22.8. The van der Waals surface area contributed by atoms with Crippen LogP contribution in [0.5, 0.6) is 0 Å². The van der Waals surface area contributed by atoms with Gasteiger partial charge < -0.3 is 9.64 Å². The van der Waals surface area contributed by atoms with Crippen LogP contribution in [0.25, 0.3) is 0 Å². The summed E-state index contributed by atoms with van der Waals surface area (Å²) in [5.41, 5.74) is -0.521. The topological polar surface area (TPSA) is 70.2 Å². The number of hydrogen-bond acceptors (Lipinski definition) is 6. The van der Waals surface area contributed by atoms with Gasteiger partial charge in [-0.3, -0.25) is 14.6 Å². The van der Waals surface area contributed by atoms with E-state index in [0.717, 1.165) is 50.1 Å². The molecule has 40 heavy (non-hydrogen) atoms. The Labute approximate surface area is 238 Å². The zero-order valence-corrected chi connectivity index (χ0v) is 24.4. The molecule has 2 aliphatic heterocycles. The van der Waals surface area contributed by atoms with Crippen LogP contribution in [0.15, 0.2) is 47.4 Å². The molecule has 2 aliphatic rings. The molecule has 2 heterocycles. The van der Waals surface area contributed by atoms with Gasteiger partial charge in [-0.15, -0.1) is 0 Å². The van der Waals surface area contributed by atoms with E-state index in [1.54, 1.807) is 17.0 Å². The molecule has 0 aliphatic carbocycles. The number of carbonyl (C=O) groups is 1. The maximum absolute atomic E-state index is 13.7. The molecule has 2 fully saturated rings. The Morgan fingerprint density at radius 3 is 2.20 bits per heavy atom. The molecule has 1 amide bonds. The van der Waals surface area contributed by atoms with E-state index in [1.807, 2.05) is 12.1 Å². The fourth-order valence-corrected chi connectivity index (χ4v) is 6.28. The van der Waals surface area contributed by atoms with Gasteiger partial charge in [0, 0.05) is 68.7 Å². The summed E-state index contributed by atoms with van der Waals surface area (Å²) in [4.78, 5) is 19.4. The third-order valence-corrected chi connectivity index (χ3v) is 8.69. The lowest BCUT2D eigenvalue weighted by molar-refractivity contribution is -0.137. The van der Waals surface area contributed by atoms with Crippen LogP contribution in [0, 0.1) is 0 Å². The van der Waals surface area contributed by atoms with Crippen molar-refractivity contribution in [3.63, 3.8) is 0 Å². The molecule has 12 heteroatoms. The quantitative estimate of drug-likeness (QED) is 0.473. The maximum atomic E-state index is 13.7. The lowest BCUT2D eigenvalue weighted by atomic mass is 10.00. The van der Waals surface area contributed by atoms with E-state index in [-0.39, 0.29) is 23.8 Å². The summed E-state index contributed by atoms with van der Waals surface area (Å²) in [6.07, 6.45) is -3.19. The third kappa shape index (κ3) is 7.97. The van der Waals surface area contributed by atoms with Crippen molar-refractivity contribution in [3.05, 3.63) is 64.2 Å². The summed E-state index contributed by atoms with van der Waals surface area (Å²) < 4.78 is 71.0. The highest BCUT2D eigenvalue weighted by molar-refractivity contribution is 7.90. The van der Waals surface area contributed by atoms with Crippen LogP contribution in [0.1, 0.15) is 35.3 Å². The van der Waals surface area contributed by atoms with Gasteiger partial charge in [-0.2, -0.15) is 13.2 Å². The Balaban J connectivity index is 1.57. The molecule has 220 valence electrons. The zero-order chi connectivity index (χ0) is 29.2. The predicted octanol–water partition coefficient (Wildman–Crippen LogP) is 4.24. The van der Waals surface area contributed by atoms with Gasteiger partial charge in [0.15, 0.2) is 9.84 Å². The van der Waals surface area contributed by atoms with Crippen molar-refractivity contribution in [1.29, 1.82) is 0 Å². The van der Waals surface area contributed by atoms with Crippen LogP contribution in [-0.2, 0) is 27.2 Å². The van der Waals surface area contributed by atoms with E-state index >= 15 is 0 Å². The number of morpholine rings is 1. The van der Waals surface area contributed by atoms with Gasteiger partial charge in [0.25, 0.3) is 5.91 Å². The van der Waals surface area contributed by atoms with Crippen molar-refractivity contribution >= 4 is 27.3 Å². The summed E-state index contributed by atoms with van der Waals surface area (Å²) in [5.74, 6) is -0.620. The van der Waals surface area contributed by atoms with Crippen LogP contribution in [0.4, 0.5) is 13.2 Å². The second-order valence-corrected chi connectivity index (χ2v) is 13.3. The average molecular weight is 602 g/mol. The first-order valence-corrected chi connectivity index (χ1v) is 15.5. The van der Waals surface area contributed by atoms with Gasteiger partial charge in [0.05, 0.1) is 22.7 Å². The Kier molecular flexibility index (Phi) is 9.51. The number of piperazine rings is 1. The van der Waals surface area contributed by atoms with Crippen molar-refractivity contribution in [2.75, 3.05) is 52.1 Å². The Morgan fingerprint density at radius 2 is 1.60 bits per heavy atom. The standard InChI is InChI=1S/C28H35ClF3N3O4S/c1-19-16-34(17-20(2)39-19)9-8-33-10-11-35(25(18-33)12-21-4-6-24(29)7-5-21)27(36)22-13-23(28(30,31)32)15-26(14-22)40(3,37)38/h4-7,13-15,19-20,25H,8-12,16-18H2,1-3H3/t19?,20?,25-/m1/s1. The molecule has 2 aromatic rings. The number of sulfone groups is 1. The summed E-state index contributed by atoms with van der Waals surface area (Å²) in [7, 11) is -3.98. The van der Waals surface area contributed by atoms with E-state index in [9.17, 15) is 26.4 Å². The second-order valence-electron chi connectivity index (χ2n) is 10.8. The SMILES string of the molecule is CC1CN(CCN2CCN(C(=O)c3cc(C(F)(F)F)cc(S(C)(=O)=O)c3)[C@H](Cc3ccc(Cl)cc3)C2)CC(C)O1. The van der Waals surface area contributed by atoms with Gasteiger partial charge in [-0.05, 0) is 56.2 Å². The van der Waals surface area contributed by atoms with E-state index in [4.69, 9.17) is 16.3 Å². The first kappa shape index (κ1) is 30.8. The molecule has 0 N–H and O–H groups in total.